The van der Waals surface area contributed by atoms with Gasteiger partial charge in [-0.1, -0.05) is 6.07 Å². The van der Waals surface area contributed by atoms with Gasteiger partial charge in [0.2, 0.25) is 0 Å². The highest BCUT2D eigenvalue weighted by Crippen LogP contribution is 2.21. The highest BCUT2D eigenvalue weighted by molar-refractivity contribution is 7.89. The number of anilines is 1. The lowest BCUT2D eigenvalue weighted by Crippen LogP contribution is -2.48. The molecule has 1 aliphatic heterocycles. The molecule has 0 unspecified atom stereocenters. The minimum atomic E-state index is -3.56. The van der Waals surface area contributed by atoms with Crippen LogP contribution in [0.4, 0.5) is 5.69 Å². The smallest absolute Gasteiger partial charge is 0.260 e. The van der Waals surface area contributed by atoms with Gasteiger partial charge in [-0.2, -0.15) is 4.31 Å². The number of imidazole rings is 1. The van der Waals surface area contributed by atoms with E-state index in [1.165, 1.54) is 10.5 Å². The van der Waals surface area contributed by atoms with Crippen molar-refractivity contribution in [2.75, 3.05) is 31.1 Å². The summed E-state index contributed by atoms with van der Waals surface area (Å²) in [6, 6.07) is 9.31. The van der Waals surface area contributed by atoms with Crippen LogP contribution in [0.3, 0.4) is 0 Å². The fourth-order valence-corrected chi connectivity index (χ4v) is 4.47. The number of piperazine rings is 1. The van der Waals surface area contributed by atoms with Gasteiger partial charge in [-0.3, -0.25) is 9.38 Å². The summed E-state index contributed by atoms with van der Waals surface area (Å²) in [4.78, 5) is 10.4. The monoisotopic (exact) mass is 343 g/mol. The Bertz CT molecular complexity index is 947. The molecule has 0 atom stereocenters. The van der Waals surface area contributed by atoms with Gasteiger partial charge < -0.3 is 4.90 Å². The van der Waals surface area contributed by atoms with Crippen LogP contribution in [0.2, 0.25) is 0 Å². The number of rotatable bonds is 3. The molecule has 4 rings (SSSR count). The van der Waals surface area contributed by atoms with Crippen molar-refractivity contribution in [2.24, 2.45) is 0 Å². The summed E-state index contributed by atoms with van der Waals surface area (Å²) in [7, 11) is -3.56. The minimum absolute atomic E-state index is 0.218. The van der Waals surface area contributed by atoms with E-state index in [0.29, 0.717) is 31.8 Å². The Labute approximate surface area is 140 Å². The van der Waals surface area contributed by atoms with Crippen molar-refractivity contribution < 1.29 is 8.42 Å². The Morgan fingerprint density at radius 2 is 1.71 bits per heavy atom. The molecule has 0 radical (unpaired) electrons. The average molecular weight is 343 g/mol. The van der Waals surface area contributed by atoms with Crippen molar-refractivity contribution in [2.45, 2.75) is 5.03 Å². The van der Waals surface area contributed by atoms with Crippen LogP contribution >= 0.6 is 0 Å². The Morgan fingerprint density at radius 3 is 2.46 bits per heavy atom. The largest absolute Gasteiger partial charge is 0.369 e. The lowest BCUT2D eigenvalue weighted by atomic mass is 10.3. The van der Waals surface area contributed by atoms with E-state index in [9.17, 15) is 8.42 Å². The predicted octanol–water partition coefficient (Wildman–Crippen LogP) is 1.24. The summed E-state index contributed by atoms with van der Waals surface area (Å²) in [5.41, 5.74) is 1.70. The van der Waals surface area contributed by atoms with Crippen molar-refractivity contribution in [3.8, 4) is 0 Å². The van der Waals surface area contributed by atoms with Crippen LogP contribution in [0, 0.1) is 0 Å². The summed E-state index contributed by atoms with van der Waals surface area (Å²) < 4.78 is 29.0. The Kier molecular flexibility index (Phi) is 3.70. The second kappa shape index (κ2) is 5.88. The second-order valence-corrected chi connectivity index (χ2v) is 7.51. The minimum Gasteiger partial charge on any atom is -0.369 e. The van der Waals surface area contributed by atoms with Crippen molar-refractivity contribution in [1.29, 1.82) is 0 Å². The highest BCUT2D eigenvalue weighted by atomic mass is 32.2. The first-order valence-electron chi connectivity index (χ1n) is 7.73. The Hall–Kier alpha value is -2.45. The third-order valence-corrected chi connectivity index (χ3v) is 6.13. The van der Waals surface area contributed by atoms with E-state index in [2.05, 4.69) is 14.9 Å². The first-order valence-corrected chi connectivity index (χ1v) is 9.17. The van der Waals surface area contributed by atoms with Gasteiger partial charge in [0.25, 0.3) is 10.0 Å². The maximum absolute atomic E-state index is 12.9. The molecule has 3 aromatic rings. The summed E-state index contributed by atoms with van der Waals surface area (Å²) in [6.45, 7) is 2.20. The fourth-order valence-electron chi connectivity index (χ4n) is 2.97. The van der Waals surface area contributed by atoms with Crippen LogP contribution < -0.4 is 4.90 Å². The molecule has 1 saturated heterocycles. The molecule has 24 heavy (non-hydrogen) atoms. The van der Waals surface area contributed by atoms with Gasteiger partial charge in [-0.05, 0) is 24.3 Å². The molecule has 1 fully saturated rings. The van der Waals surface area contributed by atoms with E-state index in [0.717, 1.165) is 5.69 Å². The SMILES string of the molecule is O=S(=O)(c1cnc2ccccn12)N1CCN(c2ccncc2)CC1. The lowest BCUT2D eigenvalue weighted by Gasteiger charge is -2.35. The van der Waals surface area contributed by atoms with Gasteiger partial charge in [0.1, 0.15) is 5.65 Å². The topological polar surface area (TPSA) is 70.8 Å². The number of hydrogen-bond donors (Lipinski definition) is 0. The van der Waals surface area contributed by atoms with Gasteiger partial charge >= 0.3 is 0 Å². The first kappa shape index (κ1) is 15.1. The molecule has 0 aromatic carbocycles. The summed E-state index contributed by atoms with van der Waals surface area (Å²) in [5.74, 6) is 0. The molecule has 0 saturated carbocycles. The number of sulfonamides is 1. The molecule has 124 valence electrons. The van der Waals surface area contributed by atoms with Crippen molar-refractivity contribution >= 4 is 21.4 Å². The molecule has 0 amide bonds. The quantitative estimate of drug-likeness (QED) is 0.716. The van der Waals surface area contributed by atoms with Crippen molar-refractivity contribution in [1.82, 2.24) is 18.7 Å². The normalized spacial score (nSPS) is 16.6. The molecular weight excluding hydrogens is 326 g/mol. The molecule has 1 aliphatic rings. The molecule has 0 bridgehead atoms. The predicted molar refractivity (Wildman–Crippen MR) is 90.4 cm³/mol. The van der Waals surface area contributed by atoms with Gasteiger partial charge in [0, 0.05) is 50.5 Å². The molecule has 0 spiro atoms. The fraction of sp³-hybridized carbons (Fsp3) is 0.250. The number of pyridine rings is 2. The summed E-state index contributed by atoms with van der Waals surface area (Å²) >= 11 is 0. The molecule has 0 N–H and O–H groups in total. The summed E-state index contributed by atoms with van der Waals surface area (Å²) in [6.07, 6.45) is 6.65. The molecule has 8 heteroatoms. The van der Waals surface area contributed by atoms with Crippen LogP contribution in [0.25, 0.3) is 5.65 Å². The number of aromatic nitrogens is 3. The van der Waals surface area contributed by atoms with Crippen LogP contribution in [0.1, 0.15) is 0 Å². The van der Waals surface area contributed by atoms with E-state index < -0.39 is 10.0 Å². The Morgan fingerprint density at radius 1 is 0.958 bits per heavy atom. The molecule has 3 aromatic heterocycles. The zero-order valence-corrected chi connectivity index (χ0v) is 13.8. The zero-order valence-electron chi connectivity index (χ0n) is 13.0. The third-order valence-electron chi connectivity index (χ3n) is 4.25. The Balaban J connectivity index is 1.56. The number of fused-ring (bicyclic) bond motifs is 1. The highest BCUT2D eigenvalue weighted by Gasteiger charge is 2.30. The molecule has 4 heterocycles. The van der Waals surface area contributed by atoms with Crippen LogP contribution in [0.5, 0.6) is 0 Å². The van der Waals surface area contributed by atoms with Gasteiger partial charge in [0.15, 0.2) is 5.03 Å². The number of hydrogen-bond acceptors (Lipinski definition) is 5. The number of nitrogens with zero attached hydrogens (tertiary/aromatic N) is 5. The van der Waals surface area contributed by atoms with E-state index >= 15 is 0 Å². The second-order valence-electron chi connectivity index (χ2n) is 5.62. The molecule has 0 aliphatic carbocycles. The van der Waals surface area contributed by atoms with Gasteiger partial charge in [-0.15, -0.1) is 0 Å². The zero-order chi connectivity index (χ0) is 16.6. The molecular formula is C16H17N5O2S. The molecule has 7 nitrogen and oxygen atoms in total. The van der Waals surface area contributed by atoms with Gasteiger partial charge in [-0.25, -0.2) is 13.4 Å². The van der Waals surface area contributed by atoms with Crippen molar-refractivity contribution in [3.63, 3.8) is 0 Å². The van der Waals surface area contributed by atoms with Crippen LogP contribution in [-0.2, 0) is 10.0 Å². The third kappa shape index (κ3) is 2.53. The maximum Gasteiger partial charge on any atom is 0.260 e. The standard InChI is InChI=1S/C16H17N5O2S/c22-24(23,16-13-18-15-3-1-2-8-21(15)16)20-11-9-19(10-12-20)14-4-6-17-7-5-14/h1-8,13H,9-12H2. The van der Waals surface area contributed by atoms with E-state index in [4.69, 9.17) is 0 Å². The lowest BCUT2D eigenvalue weighted by molar-refractivity contribution is 0.383. The maximum atomic E-state index is 12.9. The van der Waals surface area contributed by atoms with E-state index in [1.54, 1.807) is 35.1 Å². The van der Waals surface area contributed by atoms with Crippen LogP contribution in [0.15, 0.2) is 60.1 Å². The summed E-state index contributed by atoms with van der Waals surface area (Å²) in [5, 5.41) is 0.218. The van der Waals surface area contributed by atoms with Crippen LogP contribution in [-0.4, -0.2) is 53.3 Å². The van der Waals surface area contributed by atoms with E-state index in [1.807, 2.05) is 18.2 Å². The van der Waals surface area contributed by atoms with Gasteiger partial charge in [0.05, 0.1) is 6.20 Å². The van der Waals surface area contributed by atoms with Crippen molar-refractivity contribution in [3.05, 3.63) is 55.1 Å². The average Bonchev–Trinajstić information content (AvgIpc) is 3.07. The first-order chi connectivity index (χ1) is 11.7. The van der Waals surface area contributed by atoms with E-state index in [-0.39, 0.29) is 5.03 Å².